The first-order chi connectivity index (χ1) is 11.3. The van der Waals surface area contributed by atoms with Crippen molar-refractivity contribution in [2.45, 2.75) is 25.5 Å². The van der Waals surface area contributed by atoms with E-state index in [1.54, 1.807) is 0 Å². The lowest BCUT2D eigenvalue weighted by atomic mass is 10.1. The zero-order valence-corrected chi connectivity index (χ0v) is 14.7. The molecule has 0 aromatic heterocycles. The summed E-state index contributed by atoms with van der Waals surface area (Å²) in [6.45, 7) is 5.49. The van der Waals surface area contributed by atoms with Crippen molar-refractivity contribution in [3.8, 4) is 0 Å². The molecule has 2 aromatic carbocycles. The molecule has 1 aliphatic heterocycles. The van der Waals surface area contributed by atoms with Gasteiger partial charge in [-0.2, -0.15) is 0 Å². The van der Waals surface area contributed by atoms with E-state index in [0.29, 0.717) is 5.25 Å². The topological polar surface area (TPSA) is 12.0 Å². The summed E-state index contributed by atoms with van der Waals surface area (Å²) in [5.74, 6) is 0. The molecule has 0 amide bonds. The predicted octanol–water partition coefficient (Wildman–Crippen LogP) is 6.04. The number of rotatable bonds is 6. The van der Waals surface area contributed by atoms with E-state index in [-0.39, 0.29) is 0 Å². The van der Waals surface area contributed by atoms with Gasteiger partial charge in [-0.15, -0.1) is 10.2 Å². The molecule has 2 aromatic rings. The lowest BCUT2D eigenvalue weighted by Crippen LogP contribution is -2.21. The Morgan fingerprint density at radius 2 is 1.57 bits per heavy atom. The van der Waals surface area contributed by atoms with Gasteiger partial charge in [0.15, 0.2) is 0 Å². The average Bonchev–Trinajstić information content (AvgIpc) is 3.03. The number of benzene rings is 2. The van der Waals surface area contributed by atoms with Gasteiger partial charge in [-0.25, -0.2) is 0 Å². The molecule has 1 N–H and O–H groups in total. The summed E-state index contributed by atoms with van der Waals surface area (Å²) < 4.78 is 3.83. The molecule has 2 unspecified atom stereocenters. The van der Waals surface area contributed by atoms with Gasteiger partial charge in [0.2, 0.25) is 0 Å². The maximum absolute atomic E-state index is 3.83. The lowest BCUT2D eigenvalue weighted by Gasteiger charge is -2.41. The van der Waals surface area contributed by atoms with Crippen LogP contribution < -0.4 is 4.72 Å². The zero-order valence-electron chi connectivity index (χ0n) is 13.9. The molecule has 120 valence electrons. The van der Waals surface area contributed by atoms with Crippen molar-refractivity contribution in [2.75, 3.05) is 6.54 Å². The van der Waals surface area contributed by atoms with Crippen LogP contribution in [0, 0.1) is 0 Å². The van der Waals surface area contributed by atoms with Crippen molar-refractivity contribution in [3.63, 3.8) is 0 Å². The molecule has 2 atom stereocenters. The summed E-state index contributed by atoms with van der Waals surface area (Å²) >= 11 is 0. The van der Waals surface area contributed by atoms with Crippen LogP contribution in [0.2, 0.25) is 0 Å². The third-order valence-electron chi connectivity index (χ3n) is 4.31. The smallest absolute Gasteiger partial charge is 0.0323 e. The first kappa shape index (κ1) is 16.1. The maximum atomic E-state index is 3.83. The first-order valence-corrected chi connectivity index (χ1v) is 10.2. The Hall–Kier alpha value is -1.77. The Morgan fingerprint density at radius 3 is 2.17 bits per heavy atom. The van der Waals surface area contributed by atoms with E-state index >= 15 is 0 Å². The van der Waals surface area contributed by atoms with Crippen molar-refractivity contribution < 1.29 is 0 Å². The highest BCUT2D eigenvalue weighted by Crippen LogP contribution is 2.64. The van der Waals surface area contributed by atoms with Gasteiger partial charge in [0.1, 0.15) is 0 Å². The minimum Gasteiger partial charge on any atom is -0.274 e. The van der Waals surface area contributed by atoms with Crippen LogP contribution in [0.1, 0.15) is 36.6 Å². The van der Waals surface area contributed by atoms with Crippen molar-refractivity contribution in [1.82, 2.24) is 4.72 Å². The van der Waals surface area contributed by atoms with Gasteiger partial charge in [0.05, 0.1) is 0 Å². The molecule has 1 aliphatic rings. The minimum absolute atomic E-state index is 0.515. The third-order valence-corrected chi connectivity index (χ3v) is 7.88. The SMILES string of the molecule is CCNS1(C(CC)c2ccccc2)C=CC(c2ccccc2)=C1. The quantitative estimate of drug-likeness (QED) is 0.684. The molecule has 0 radical (unpaired) electrons. The Labute approximate surface area is 141 Å². The van der Waals surface area contributed by atoms with Crippen LogP contribution in [0.4, 0.5) is 0 Å². The van der Waals surface area contributed by atoms with E-state index in [2.05, 4.69) is 96.1 Å². The van der Waals surface area contributed by atoms with Gasteiger partial charge >= 0.3 is 0 Å². The molecular weight excluding hydrogens is 298 g/mol. The van der Waals surface area contributed by atoms with E-state index in [4.69, 9.17) is 0 Å². The van der Waals surface area contributed by atoms with Gasteiger partial charge in [-0.05, 0) is 40.0 Å². The normalized spacial score (nSPS) is 24.0. The van der Waals surface area contributed by atoms with E-state index in [0.717, 1.165) is 13.0 Å². The third kappa shape index (κ3) is 3.29. The number of hydrogen-bond acceptors (Lipinski definition) is 1. The summed E-state index contributed by atoms with van der Waals surface area (Å²) in [7, 11) is -1.15. The Bertz CT molecular complexity index is 690. The standard InChI is InChI=1S/C21H25NS/c1-3-21(19-13-9-6-10-14-19)23(22-4-2)16-15-20(17-23)18-11-7-5-8-12-18/h5-17,21-22H,3-4H2,1-2H3. The van der Waals surface area contributed by atoms with E-state index < -0.39 is 10.2 Å². The van der Waals surface area contributed by atoms with Crippen molar-refractivity contribution >= 4 is 15.8 Å². The molecule has 0 saturated heterocycles. The number of hydrogen-bond donors (Lipinski definition) is 1. The van der Waals surface area contributed by atoms with Gasteiger partial charge in [-0.3, -0.25) is 4.72 Å². The highest BCUT2D eigenvalue weighted by molar-refractivity contribution is 8.37. The molecular formula is C21H25NS. The summed E-state index contributed by atoms with van der Waals surface area (Å²) in [6.07, 6.45) is 3.44. The fourth-order valence-corrected chi connectivity index (χ4v) is 6.77. The molecule has 3 rings (SSSR count). The Kier molecular flexibility index (Phi) is 5.04. The summed E-state index contributed by atoms with van der Waals surface area (Å²) in [5, 5.41) is 5.44. The molecule has 1 heterocycles. The van der Waals surface area contributed by atoms with Crippen LogP contribution in [0.15, 0.2) is 77.6 Å². The van der Waals surface area contributed by atoms with Gasteiger partial charge in [0, 0.05) is 11.8 Å². The van der Waals surface area contributed by atoms with Crippen LogP contribution in [0.5, 0.6) is 0 Å². The van der Waals surface area contributed by atoms with Crippen LogP contribution in [0.3, 0.4) is 0 Å². The maximum Gasteiger partial charge on any atom is 0.0323 e. The van der Waals surface area contributed by atoms with Gasteiger partial charge in [0.25, 0.3) is 0 Å². The highest BCUT2D eigenvalue weighted by Gasteiger charge is 2.32. The lowest BCUT2D eigenvalue weighted by molar-refractivity contribution is 0.866. The highest BCUT2D eigenvalue weighted by atomic mass is 32.3. The van der Waals surface area contributed by atoms with E-state index in [1.807, 2.05) is 0 Å². The predicted molar refractivity (Wildman–Crippen MR) is 104 cm³/mol. The monoisotopic (exact) mass is 323 g/mol. The van der Waals surface area contributed by atoms with Gasteiger partial charge < -0.3 is 0 Å². The second-order valence-electron chi connectivity index (χ2n) is 5.81. The van der Waals surface area contributed by atoms with Crippen molar-refractivity contribution in [1.29, 1.82) is 0 Å². The van der Waals surface area contributed by atoms with Crippen LogP contribution in [0.25, 0.3) is 5.57 Å². The van der Waals surface area contributed by atoms with E-state index in [9.17, 15) is 0 Å². The van der Waals surface area contributed by atoms with E-state index in [1.165, 1.54) is 16.7 Å². The molecule has 2 heteroatoms. The second kappa shape index (κ2) is 7.20. The molecule has 23 heavy (non-hydrogen) atoms. The zero-order chi connectivity index (χ0) is 16.1. The van der Waals surface area contributed by atoms with Crippen molar-refractivity contribution in [2.24, 2.45) is 0 Å². The molecule has 0 bridgehead atoms. The Morgan fingerprint density at radius 1 is 0.913 bits per heavy atom. The van der Waals surface area contributed by atoms with Gasteiger partial charge in [-0.1, -0.05) is 74.5 Å². The van der Waals surface area contributed by atoms with Crippen LogP contribution in [-0.4, -0.2) is 6.54 Å². The molecule has 0 aliphatic carbocycles. The first-order valence-electron chi connectivity index (χ1n) is 8.36. The van der Waals surface area contributed by atoms with Crippen LogP contribution in [-0.2, 0) is 0 Å². The molecule has 0 fully saturated rings. The summed E-state index contributed by atoms with van der Waals surface area (Å²) in [5.41, 5.74) is 4.08. The fourth-order valence-electron chi connectivity index (χ4n) is 3.29. The minimum atomic E-state index is -1.15. The number of allylic oxidation sites excluding steroid dienone is 2. The molecule has 0 spiro atoms. The average molecular weight is 324 g/mol. The second-order valence-corrected chi connectivity index (χ2v) is 8.70. The fraction of sp³-hybridized carbons (Fsp3) is 0.238. The van der Waals surface area contributed by atoms with Crippen molar-refractivity contribution in [3.05, 3.63) is 88.7 Å². The molecule has 0 saturated carbocycles. The largest absolute Gasteiger partial charge is 0.274 e. The molecule has 1 nitrogen and oxygen atoms in total. The number of nitrogens with one attached hydrogen (secondary N) is 1. The summed E-state index contributed by atoms with van der Waals surface area (Å²) in [4.78, 5) is 0. The van der Waals surface area contributed by atoms with Crippen LogP contribution >= 0.6 is 10.2 Å². The Balaban J connectivity index is 2.01. The summed E-state index contributed by atoms with van der Waals surface area (Å²) in [6, 6.07) is 21.6.